The van der Waals surface area contributed by atoms with Gasteiger partial charge in [0, 0.05) is 44.3 Å². The van der Waals surface area contributed by atoms with Crippen LogP contribution in [0.3, 0.4) is 0 Å². The second kappa shape index (κ2) is 4.44. The lowest BCUT2D eigenvalue weighted by Crippen LogP contribution is -2.72. The average Bonchev–Trinajstić information content (AvgIpc) is 2.72. The molecule has 0 aromatic rings. The fraction of sp³-hybridized carbons (Fsp3) is 1.00. The van der Waals surface area contributed by atoms with E-state index in [1.165, 1.54) is 0 Å². The Bertz CT molecular complexity index is 307. The summed E-state index contributed by atoms with van der Waals surface area (Å²) in [5.74, 6) is 0.567. The van der Waals surface area contributed by atoms with Crippen LogP contribution < -0.4 is 5.73 Å². The number of hydrogen-bond donors (Lipinski definition) is 1. The van der Waals surface area contributed by atoms with Crippen LogP contribution in [0.25, 0.3) is 0 Å². The van der Waals surface area contributed by atoms with Gasteiger partial charge in [0.15, 0.2) is 0 Å². The zero-order chi connectivity index (χ0) is 12.8. The Labute approximate surface area is 110 Å². The van der Waals surface area contributed by atoms with Gasteiger partial charge in [0.05, 0.1) is 12.2 Å². The molecule has 3 aliphatic rings. The minimum atomic E-state index is 0.0214. The Morgan fingerprint density at radius 1 is 1.28 bits per heavy atom. The largest absolute Gasteiger partial charge is 0.378 e. The Morgan fingerprint density at radius 3 is 2.67 bits per heavy atom. The molecule has 4 nitrogen and oxygen atoms in total. The highest BCUT2D eigenvalue weighted by atomic mass is 16.6. The van der Waals surface area contributed by atoms with Crippen LogP contribution in [0.4, 0.5) is 0 Å². The van der Waals surface area contributed by atoms with Gasteiger partial charge in [-0.2, -0.15) is 0 Å². The minimum Gasteiger partial charge on any atom is -0.378 e. The van der Waals surface area contributed by atoms with Gasteiger partial charge in [0.2, 0.25) is 0 Å². The monoisotopic (exact) mass is 254 g/mol. The number of hydrogen-bond acceptors (Lipinski definition) is 4. The summed E-state index contributed by atoms with van der Waals surface area (Å²) in [4.78, 5) is 2.56. The Morgan fingerprint density at radius 2 is 2.06 bits per heavy atom. The summed E-state index contributed by atoms with van der Waals surface area (Å²) in [6, 6.07) is 0.649. The van der Waals surface area contributed by atoms with E-state index in [9.17, 15) is 0 Å². The predicted molar refractivity (Wildman–Crippen MR) is 70.5 cm³/mol. The second-order valence-electron chi connectivity index (χ2n) is 6.77. The number of nitrogens with zero attached hydrogens (tertiary/aromatic N) is 1. The molecule has 0 saturated carbocycles. The SMILES string of the molecule is CC(C)C1(N)CN(C2CCOC3(CCOC3)C2)C1. The van der Waals surface area contributed by atoms with Crippen LogP contribution >= 0.6 is 0 Å². The normalized spacial score (nSPS) is 40.3. The lowest BCUT2D eigenvalue weighted by atomic mass is 9.77. The molecule has 2 N–H and O–H groups in total. The maximum absolute atomic E-state index is 6.39. The molecule has 0 amide bonds. The molecule has 1 spiro atoms. The fourth-order valence-corrected chi connectivity index (χ4v) is 3.51. The molecular weight excluding hydrogens is 228 g/mol. The molecule has 104 valence electrons. The topological polar surface area (TPSA) is 47.7 Å². The van der Waals surface area contributed by atoms with Crippen molar-refractivity contribution in [2.24, 2.45) is 11.7 Å². The molecule has 2 atom stereocenters. The number of nitrogens with two attached hydrogens (primary N) is 1. The van der Waals surface area contributed by atoms with Crippen molar-refractivity contribution in [1.29, 1.82) is 0 Å². The van der Waals surface area contributed by atoms with Gasteiger partial charge in [-0.05, 0) is 18.8 Å². The lowest BCUT2D eigenvalue weighted by molar-refractivity contribution is -0.125. The lowest BCUT2D eigenvalue weighted by Gasteiger charge is -2.55. The average molecular weight is 254 g/mol. The number of likely N-dealkylation sites (tertiary alicyclic amines) is 1. The zero-order valence-corrected chi connectivity index (χ0v) is 11.7. The fourth-order valence-electron chi connectivity index (χ4n) is 3.51. The molecule has 0 aromatic carbocycles. The van der Waals surface area contributed by atoms with Crippen LogP contribution in [-0.2, 0) is 9.47 Å². The van der Waals surface area contributed by atoms with E-state index in [-0.39, 0.29) is 11.1 Å². The summed E-state index contributed by atoms with van der Waals surface area (Å²) < 4.78 is 11.5. The van der Waals surface area contributed by atoms with E-state index in [0.29, 0.717) is 12.0 Å². The van der Waals surface area contributed by atoms with Crippen LogP contribution in [0, 0.1) is 5.92 Å². The van der Waals surface area contributed by atoms with Gasteiger partial charge in [0.25, 0.3) is 0 Å². The van der Waals surface area contributed by atoms with Gasteiger partial charge >= 0.3 is 0 Å². The van der Waals surface area contributed by atoms with E-state index in [2.05, 4.69) is 18.7 Å². The third kappa shape index (κ3) is 2.09. The first-order chi connectivity index (χ1) is 8.53. The quantitative estimate of drug-likeness (QED) is 0.798. The van der Waals surface area contributed by atoms with E-state index in [0.717, 1.165) is 52.2 Å². The first-order valence-corrected chi connectivity index (χ1v) is 7.28. The van der Waals surface area contributed by atoms with Gasteiger partial charge in [-0.1, -0.05) is 13.8 Å². The maximum atomic E-state index is 6.39. The van der Waals surface area contributed by atoms with Crippen molar-refractivity contribution in [1.82, 2.24) is 4.90 Å². The van der Waals surface area contributed by atoms with Crippen LogP contribution in [0.1, 0.15) is 33.1 Å². The summed E-state index contributed by atoms with van der Waals surface area (Å²) in [5.41, 5.74) is 6.45. The molecule has 3 fully saturated rings. The molecule has 0 radical (unpaired) electrons. The minimum absolute atomic E-state index is 0.0214. The third-order valence-electron chi connectivity index (χ3n) is 5.20. The summed E-state index contributed by atoms with van der Waals surface area (Å²) in [6.07, 6.45) is 3.34. The van der Waals surface area contributed by atoms with Gasteiger partial charge in [-0.25, -0.2) is 0 Å². The molecule has 0 aliphatic carbocycles. The van der Waals surface area contributed by atoms with Gasteiger partial charge in [-0.15, -0.1) is 0 Å². The van der Waals surface area contributed by atoms with E-state index in [4.69, 9.17) is 15.2 Å². The molecule has 0 aromatic heterocycles. The van der Waals surface area contributed by atoms with Crippen molar-refractivity contribution in [3.63, 3.8) is 0 Å². The first kappa shape index (κ1) is 12.9. The van der Waals surface area contributed by atoms with Crippen LogP contribution in [-0.4, -0.2) is 55.0 Å². The Kier molecular flexibility index (Phi) is 3.17. The molecule has 4 heteroatoms. The maximum Gasteiger partial charge on any atom is 0.0951 e. The molecule has 0 bridgehead atoms. The van der Waals surface area contributed by atoms with Crippen molar-refractivity contribution in [2.75, 3.05) is 32.9 Å². The summed E-state index contributed by atoms with van der Waals surface area (Å²) in [5, 5.41) is 0. The molecule has 18 heavy (non-hydrogen) atoms. The zero-order valence-electron chi connectivity index (χ0n) is 11.7. The van der Waals surface area contributed by atoms with Crippen molar-refractivity contribution < 1.29 is 9.47 Å². The van der Waals surface area contributed by atoms with Gasteiger partial charge in [-0.3, -0.25) is 4.90 Å². The highest BCUT2D eigenvalue weighted by Gasteiger charge is 2.49. The van der Waals surface area contributed by atoms with E-state index in [1.807, 2.05) is 0 Å². The van der Waals surface area contributed by atoms with Crippen molar-refractivity contribution in [3.05, 3.63) is 0 Å². The summed E-state index contributed by atoms with van der Waals surface area (Å²) in [7, 11) is 0. The highest BCUT2D eigenvalue weighted by molar-refractivity contribution is 5.06. The van der Waals surface area contributed by atoms with Gasteiger partial charge in [0.1, 0.15) is 0 Å². The van der Waals surface area contributed by atoms with E-state index in [1.54, 1.807) is 0 Å². The predicted octanol–water partition coefficient (Wildman–Crippen LogP) is 0.994. The van der Waals surface area contributed by atoms with Crippen molar-refractivity contribution in [3.8, 4) is 0 Å². The Hall–Kier alpha value is -0.160. The first-order valence-electron chi connectivity index (χ1n) is 7.28. The van der Waals surface area contributed by atoms with E-state index >= 15 is 0 Å². The Balaban J connectivity index is 1.58. The van der Waals surface area contributed by atoms with Gasteiger partial charge < -0.3 is 15.2 Å². The smallest absolute Gasteiger partial charge is 0.0951 e. The molecule has 3 rings (SSSR count). The second-order valence-corrected chi connectivity index (χ2v) is 6.77. The number of rotatable bonds is 2. The van der Waals surface area contributed by atoms with Crippen molar-refractivity contribution >= 4 is 0 Å². The molecule has 3 saturated heterocycles. The molecule has 3 heterocycles. The highest BCUT2D eigenvalue weighted by Crippen LogP contribution is 2.38. The van der Waals surface area contributed by atoms with Crippen LogP contribution in [0.2, 0.25) is 0 Å². The third-order valence-corrected chi connectivity index (χ3v) is 5.20. The van der Waals surface area contributed by atoms with Crippen LogP contribution in [0.15, 0.2) is 0 Å². The van der Waals surface area contributed by atoms with Crippen LogP contribution in [0.5, 0.6) is 0 Å². The van der Waals surface area contributed by atoms with Crippen molar-refractivity contribution in [2.45, 2.75) is 50.3 Å². The molecular formula is C14H26N2O2. The molecule has 3 aliphatic heterocycles. The number of ether oxygens (including phenoxy) is 2. The summed E-state index contributed by atoms with van der Waals surface area (Å²) in [6.45, 7) is 9.08. The van der Waals surface area contributed by atoms with E-state index < -0.39 is 0 Å². The summed E-state index contributed by atoms with van der Waals surface area (Å²) >= 11 is 0. The molecule has 2 unspecified atom stereocenters. The standard InChI is InChI=1S/C14H26N2O2/c1-11(2)14(15)8-16(9-14)12-3-5-18-13(7-12)4-6-17-10-13/h11-12H,3-10,15H2,1-2H3.